The van der Waals surface area contributed by atoms with Gasteiger partial charge in [0.2, 0.25) is 0 Å². The van der Waals surface area contributed by atoms with Gasteiger partial charge in [0.1, 0.15) is 0 Å². The molecule has 2 aromatic carbocycles. The van der Waals surface area contributed by atoms with Gasteiger partial charge in [-0.2, -0.15) is 5.26 Å². The van der Waals surface area contributed by atoms with Crippen molar-refractivity contribution in [3.63, 3.8) is 0 Å². The maximum atomic E-state index is 9.23. The molecule has 0 bridgehead atoms. The molecule has 1 aliphatic rings. The van der Waals surface area contributed by atoms with Crippen LogP contribution in [0, 0.1) is 11.3 Å². The van der Waals surface area contributed by atoms with Gasteiger partial charge in [0.05, 0.1) is 11.6 Å². The van der Waals surface area contributed by atoms with Crippen molar-refractivity contribution < 1.29 is 0 Å². The molecule has 3 nitrogen and oxygen atoms in total. The molecule has 3 heteroatoms. The van der Waals surface area contributed by atoms with Crippen LogP contribution in [0.3, 0.4) is 0 Å². The molecule has 1 aliphatic carbocycles. The molecule has 0 spiro atoms. The van der Waals surface area contributed by atoms with Crippen molar-refractivity contribution in [1.82, 2.24) is 9.88 Å². The highest BCUT2D eigenvalue weighted by molar-refractivity contribution is 5.85. The molecule has 4 rings (SSSR count). The number of hydrogen-bond acceptors (Lipinski definition) is 2. The average Bonchev–Trinajstić information content (AvgIpc) is 3.27. The molecule has 1 fully saturated rings. The number of hydrogen-bond donors (Lipinski definition) is 1. The Bertz CT molecular complexity index is 933. The van der Waals surface area contributed by atoms with Crippen LogP contribution < -0.4 is 5.32 Å². The van der Waals surface area contributed by atoms with E-state index in [9.17, 15) is 5.26 Å². The second-order valence-corrected chi connectivity index (χ2v) is 7.44. The molecule has 2 unspecified atom stereocenters. The molecule has 0 saturated heterocycles. The van der Waals surface area contributed by atoms with E-state index in [-0.39, 0.29) is 0 Å². The molecule has 1 saturated carbocycles. The van der Waals surface area contributed by atoms with Crippen LogP contribution in [0.5, 0.6) is 0 Å². The highest BCUT2D eigenvalue weighted by Crippen LogP contribution is 2.38. The molecule has 1 heterocycles. The van der Waals surface area contributed by atoms with Crippen LogP contribution in [0.4, 0.5) is 0 Å². The third kappa shape index (κ3) is 3.38. The predicted octanol–water partition coefficient (Wildman–Crippen LogP) is 4.52. The lowest BCUT2D eigenvalue weighted by molar-refractivity contribution is 0.521. The van der Waals surface area contributed by atoms with Crippen LogP contribution in [-0.4, -0.2) is 17.2 Å². The molecular formula is C23H25N3. The molecule has 132 valence electrons. The summed E-state index contributed by atoms with van der Waals surface area (Å²) in [5, 5.41) is 14.2. The Kier molecular flexibility index (Phi) is 4.77. The lowest BCUT2D eigenvalue weighted by Gasteiger charge is -2.13. The topological polar surface area (TPSA) is 40.8 Å². The van der Waals surface area contributed by atoms with Crippen molar-refractivity contribution in [2.24, 2.45) is 7.05 Å². The van der Waals surface area contributed by atoms with Gasteiger partial charge in [-0.3, -0.25) is 0 Å². The van der Waals surface area contributed by atoms with E-state index >= 15 is 0 Å². The van der Waals surface area contributed by atoms with Crippen molar-refractivity contribution in [2.75, 3.05) is 6.54 Å². The first-order valence-corrected chi connectivity index (χ1v) is 9.51. The summed E-state index contributed by atoms with van der Waals surface area (Å²) in [4.78, 5) is 0. The molecule has 1 aromatic heterocycles. The van der Waals surface area contributed by atoms with E-state index in [4.69, 9.17) is 0 Å². The lowest BCUT2D eigenvalue weighted by atomic mass is 9.96. The Morgan fingerprint density at radius 3 is 2.81 bits per heavy atom. The van der Waals surface area contributed by atoms with Crippen molar-refractivity contribution in [1.29, 1.82) is 5.26 Å². The van der Waals surface area contributed by atoms with Crippen LogP contribution in [0.25, 0.3) is 10.9 Å². The van der Waals surface area contributed by atoms with Crippen molar-refractivity contribution in [2.45, 2.75) is 37.6 Å². The third-order valence-electron chi connectivity index (χ3n) is 5.71. The standard InChI is InChI=1S/C23H25N3/c1-26-16-22(21-13-18(15-24)7-10-23(21)26)19-8-9-20(14-19)25-12-11-17-5-3-2-4-6-17/h2-7,10,13,16,19-20,25H,8-9,11-12,14H2,1H3. The minimum Gasteiger partial charge on any atom is -0.350 e. The molecular weight excluding hydrogens is 318 g/mol. The van der Waals surface area contributed by atoms with Gasteiger partial charge in [0.15, 0.2) is 0 Å². The predicted molar refractivity (Wildman–Crippen MR) is 106 cm³/mol. The molecule has 0 amide bonds. The summed E-state index contributed by atoms with van der Waals surface area (Å²) < 4.78 is 2.20. The fraction of sp³-hybridized carbons (Fsp3) is 0.348. The number of benzene rings is 2. The van der Waals surface area contributed by atoms with E-state index in [1.807, 2.05) is 6.07 Å². The van der Waals surface area contributed by atoms with Crippen LogP contribution >= 0.6 is 0 Å². The Balaban J connectivity index is 1.42. The number of aryl methyl sites for hydroxylation is 1. The van der Waals surface area contributed by atoms with Crippen molar-refractivity contribution in [3.05, 3.63) is 71.4 Å². The van der Waals surface area contributed by atoms with E-state index in [0.717, 1.165) is 18.5 Å². The van der Waals surface area contributed by atoms with Gasteiger partial charge in [0.25, 0.3) is 0 Å². The number of fused-ring (bicyclic) bond motifs is 1. The number of nitrogens with one attached hydrogen (secondary N) is 1. The summed E-state index contributed by atoms with van der Waals surface area (Å²) in [5.41, 5.74) is 4.78. The van der Waals surface area contributed by atoms with Gasteiger partial charge in [-0.05, 0) is 67.5 Å². The minimum atomic E-state index is 0.585. The Morgan fingerprint density at radius 1 is 1.15 bits per heavy atom. The smallest absolute Gasteiger partial charge is 0.0991 e. The maximum Gasteiger partial charge on any atom is 0.0991 e. The maximum absolute atomic E-state index is 9.23. The molecule has 0 aliphatic heterocycles. The van der Waals surface area contributed by atoms with E-state index in [2.05, 4.69) is 71.7 Å². The lowest BCUT2D eigenvalue weighted by Crippen LogP contribution is -2.28. The second-order valence-electron chi connectivity index (χ2n) is 7.44. The summed E-state index contributed by atoms with van der Waals surface area (Å²) in [5.74, 6) is 0.585. The van der Waals surface area contributed by atoms with Gasteiger partial charge in [0, 0.05) is 30.2 Å². The molecule has 0 radical (unpaired) electrons. The largest absolute Gasteiger partial charge is 0.350 e. The zero-order chi connectivity index (χ0) is 17.9. The van der Waals surface area contributed by atoms with Gasteiger partial charge >= 0.3 is 0 Å². The number of rotatable bonds is 5. The zero-order valence-corrected chi connectivity index (χ0v) is 15.3. The number of aromatic nitrogens is 1. The molecule has 2 atom stereocenters. The van der Waals surface area contributed by atoms with E-state index in [0.29, 0.717) is 12.0 Å². The summed E-state index contributed by atoms with van der Waals surface area (Å²) in [6.45, 7) is 1.04. The Hall–Kier alpha value is -2.57. The van der Waals surface area contributed by atoms with Gasteiger partial charge in [-0.15, -0.1) is 0 Å². The minimum absolute atomic E-state index is 0.585. The Labute approximate surface area is 155 Å². The summed E-state index contributed by atoms with van der Waals surface area (Å²) in [6, 6.07) is 19.6. The van der Waals surface area contributed by atoms with Gasteiger partial charge in [-0.25, -0.2) is 0 Å². The second kappa shape index (κ2) is 7.35. The van der Waals surface area contributed by atoms with Crippen LogP contribution in [0.2, 0.25) is 0 Å². The van der Waals surface area contributed by atoms with Crippen molar-refractivity contribution >= 4 is 10.9 Å². The summed E-state index contributed by atoms with van der Waals surface area (Å²) in [7, 11) is 2.10. The molecule has 26 heavy (non-hydrogen) atoms. The van der Waals surface area contributed by atoms with Crippen LogP contribution in [-0.2, 0) is 13.5 Å². The average molecular weight is 343 g/mol. The van der Waals surface area contributed by atoms with E-state index in [1.165, 1.54) is 41.3 Å². The molecule has 1 N–H and O–H groups in total. The first-order valence-electron chi connectivity index (χ1n) is 9.51. The van der Waals surface area contributed by atoms with Gasteiger partial charge < -0.3 is 9.88 Å². The Morgan fingerprint density at radius 2 is 2.00 bits per heavy atom. The van der Waals surface area contributed by atoms with Crippen LogP contribution in [0.15, 0.2) is 54.7 Å². The van der Waals surface area contributed by atoms with Gasteiger partial charge in [-0.1, -0.05) is 30.3 Å². The SMILES string of the molecule is Cn1cc(C2CCC(NCCc3ccccc3)C2)c2cc(C#N)ccc21. The summed E-state index contributed by atoms with van der Waals surface area (Å²) in [6.07, 6.45) is 6.99. The van der Waals surface area contributed by atoms with E-state index < -0.39 is 0 Å². The highest BCUT2D eigenvalue weighted by atomic mass is 14.9. The first kappa shape index (κ1) is 16.9. The fourth-order valence-corrected chi connectivity index (χ4v) is 4.33. The quantitative estimate of drug-likeness (QED) is 0.740. The first-order chi connectivity index (χ1) is 12.7. The summed E-state index contributed by atoms with van der Waals surface area (Å²) >= 11 is 0. The van der Waals surface area contributed by atoms with Crippen molar-refractivity contribution in [3.8, 4) is 6.07 Å². The molecule has 3 aromatic rings. The number of nitriles is 1. The van der Waals surface area contributed by atoms with E-state index in [1.54, 1.807) is 0 Å². The fourth-order valence-electron chi connectivity index (χ4n) is 4.33. The monoisotopic (exact) mass is 343 g/mol. The van der Waals surface area contributed by atoms with Crippen LogP contribution in [0.1, 0.15) is 41.9 Å². The third-order valence-corrected chi connectivity index (χ3v) is 5.71. The zero-order valence-electron chi connectivity index (χ0n) is 15.3. The normalized spacial score (nSPS) is 19.7. The highest BCUT2D eigenvalue weighted by Gasteiger charge is 2.27. The number of nitrogens with zero attached hydrogens (tertiary/aromatic N) is 2.